The number of benzene rings is 1. The molecule has 1 saturated heterocycles. The van der Waals surface area contributed by atoms with E-state index in [1.165, 1.54) is 0 Å². The number of amides is 1. The Hall–Kier alpha value is -3.92. The fourth-order valence-corrected chi connectivity index (χ4v) is 4.14. The van der Waals surface area contributed by atoms with Gasteiger partial charge in [0.25, 0.3) is 5.91 Å². The predicted molar refractivity (Wildman–Crippen MR) is 124 cm³/mol. The van der Waals surface area contributed by atoms with Gasteiger partial charge in [-0.3, -0.25) is 14.8 Å². The Morgan fingerprint density at radius 2 is 2.18 bits per heavy atom. The summed E-state index contributed by atoms with van der Waals surface area (Å²) in [5.41, 5.74) is 2.85. The number of carbonyl (C=O) groups is 1. The second kappa shape index (κ2) is 7.89. The zero-order valence-corrected chi connectivity index (χ0v) is 18.7. The fraction of sp³-hybridized carbons (Fsp3) is 0.304. The molecular weight excluding hydrogens is 422 g/mol. The minimum Gasteiger partial charge on any atom is -0.494 e. The third kappa shape index (κ3) is 4.00. The van der Waals surface area contributed by atoms with E-state index in [9.17, 15) is 9.90 Å². The molecule has 5 rings (SSSR count). The third-order valence-electron chi connectivity index (χ3n) is 5.86. The summed E-state index contributed by atoms with van der Waals surface area (Å²) in [5, 5.41) is 17.3. The van der Waals surface area contributed by atoms with Crippen LogP contribution in [-0.4, -0.2) is 61.5 Å². The van der Waals surface area contributed by atoms with E-state index in [-0.39, 0.29) is 5.91 Å². The molecule has 3 aromatic heterocycles. The minimum absolute atomic E-state index is 0.312. The van der Waals surface area contributed by atoms with E-state index in [0.717, 1.165) is 11.1 Å². The van der Waals surface area contributed by atoms with Crippen LogP contribution in [-0.2, 0) is 7.05 Å². The molecule has 3 N–H and O–H groups in total. The molecule has 1 unspecified atom stereocenters. The van der Waals surface area contributed by atoms with Crippen LogP contribution in [0.25, 0.3) is 22.2 Å². The number of carbonyl (C=O) groups excluding carboxylic acids is 1. The molecule has 33 heavy (non-hydrogen) atoms. The van der Waals surface area contributed by atoms with E-state index in [1.54, 1.807) is 43.2 Å². The van der Waals surface area contributed by atoms with E-state index in [0.29, 0.717) is 53.6 Å². The summed E-state index contributed by atoms with van der Waals surface area (Å²) in [5.74, 6) is 1.28. The van der Waals surface area contributed by atoms with Gasteiger partial charge in [-0.25, -0.2) is 9.97 Å². The number of pyridine rings is 1. The number of rotatable bonds is 5. The summed E-state index contributed by atoms with van der Waals surface area (Å²) < 4.78 is 7.20. The molecule has 1 amide bonds. The van der Waals surface area contributed by atoms with E-state index in [2.05, 4.69) is 25.4 Å². The van der Waals surface area contributed by atoms with Crippen LogP contribution >= 0.6 is 0 Å². The number of hydrogen-bond donors (Lipinski definition) is 3. The van der Waals surface area contributed by atoms with Crippen molar-refractivity contribution in [3.63, 3.8) is 0 Å². The number of anilines is 2. The first-order valence-corrected chi connectivity index (χ1v) is 10.6. The Balaban J connectivity index is 1.44. The Morgan fingerprint density at radius 3 is 2.88 bits per heavy atom. The predicted octanol–water partition coefficient (Wildman–Crippen LogP) is 2.58. The zero-order chi connectivity index (χ0) is 23.2. The number of nitrogens with zero attached hydrogens (tertiary/aromatic N) is 5. The zero-order valence-electron chi connectivity index (χ0n) is 18.7. The van der Waals surface area contributed by atoms with Gasteiger partial charge in [0, 0.05) is 49.2 Å². The second-order valence-corrected chi connectivity index (χ2v) is 8.55. The molecule has 0 radical (unpaired) electrons. The highest BCUT2D eigenvalue weighted by atomic mass is 16.5. The van der Waals surface area contributed by atoms with Crippen molar-refractivity contribution in [1.82, 2.24) is 24.7 Å². The lowest BCUT2D eigenvalue weighted by Crippen LogP contribution is -2.30. The molecule has 4 heterocycles. The molecule has 1 aliphatic rings. The van der Waals surface area contributed by atoms with E-state index >= 15 is 0 Å². The van der Waals surface area contributed by atoms with Gasteiger partial charge in [0.2, 0.25) is 5.95 Å². The summed E-state index contributed by atoms with van der Waals surface area (Å²) in [6.07, 6.45) is 5.93. The van der Waals surface area contributed by atoms with Gasteiger partial charge in [0.1, 0.15) is 22.6 Å². The van der Waals surface area contributed by atoms with Crippen LogP contribution < -0.4 is 15.0 Å². The molecule has 10 heteroatoms. The lowest BCUT2D eigenvalue weighted by molar-refractivity contribution is 0.0839. The SMILES string of the molecule is COc1ccc(-c2cnn(C)c2)c2nc(NC(=O)c3ccnc(N4CCC(C)(O)C4)c3)[nH]c12. The van der Waals surface area contributed by atoms with E-state index in [4.69, 9.17) is 4.74 Å². The summed E-state index contributed by atoms with van der Waals surface area (Å²) >= 11 is 0. The molecule has 0 aliphatic carbocycles. The normalized spacial score (nSPS) is 18.1. The van der Waals surface area contributed by atoms with Gasteiger partial charge in [0.15, 0.2) is 0 Å². The number of aryl methyl sites for hydroxylation is 1. The Bertz CT molecular complexity index is 1340. The van der Waals surface area contributed by atoms with E-state index < -0.39 is 5.60 Å². The summed E-state index contributed by atoms with van der Waals surface area (Å²) in [7, 11) is 3.44. The van der Waals surface area contributed by atoms with Crippen molar-refractivity contribution in [2.24, 2.45) is 7.05 Å². The highest BCUT2D eigenvalue weighted by molar-refractivity contribution is 6.05. The number of ether oxygens (including phenoxy) is 1. The van der Waals surface area contributed by atoms with Crippen LogP contribution in [0.15, 0.2) is 42.9 Å². The van der Waals surface area contributed by atoms with Crippen molar-refractivity contribution < 1.29 is 14.6 Å². The number of aromatic amines is 1. The Morgan fingerprint density at radius 1 is 1.33 bits per heavy atom. The molecule has 0 bridgehead atoms. The molecule has 0 spiro atoms. The number of aliphatic hydroxyl groups is 1. The minimum atomic E-state index is -0.751. The third-order valence-corrected chi connectivity index (χ3v) is 5.86. The molecule has 1 fully saturated rings. The van der Waals surface area contributed by atoms with Gasteiger partial charge in [-0.1, -0.05) is 0 Å². The van der Waals surface area contributed by atoms with Crippen molar-refractivity contribution in [2.75, 3.05) is 30.4 Å². The molecule has 1 aliphatic heterocycles. The average molecular weight is 447 g/mol. The maximum absolute atomic E-state index is 13.0. The fourth-order valence-electron chi connectivity index (χ4n) is 4.14. The maximum atomic E-state index is 13.0. The van der Waals surface area contributed by atoms with Crippen LogP contribution in [0.4, 0.5) is 11.8 Å². The molecule has 4 aromatic rings. The number of aromatic nitrogens is 5. The van der Waals surface area contributed by atoms with Crippen molar-refractivity contribution in [3.05, 3.63) is 48.4 Å². The van der Waals surface area contributed by atoms with Crippen molar-refractivity contribution >= 4 is 28.7 Å². The number of methoxy groups -OCH3 is 1. The van der Waals surface area contributed by atoms with Gasteiger partial charge in [-0.2, -0.15) is 5.10 Å². The van der Waals surface area contributed by atoms with Crippen LogP contribution in [0, 0.1) is 0 Å². The van der Waals surface area contributed by atoms with E-state index in [1.807, 2.05) is 30.3 Å². The number of β-amino-alcohol motifs (C(OH)–C–C–N with tert-alkyl or cyclic N) is 1. The lowest BCUT2D eigenvalue weighted by Gasteiger charge is -2.20. The number of fused-ring (bicyclic) bond motifs is 1. The first kappa shape index (κ1) is 21.0. The summed E-state index contributed by atoms with van der Waals surface area (Å²) in [6.45, 7) is 2.97. The smallest absolute Gasteiger partial charge is 0.258 e. The average Bonchev–Trinajstić information content (AvgIpc) is 3.51. The molecule has 1 atom stereocenters. The Kier molecular flexibility index (Phi) is 5.01. The second-order valence-electron chi connectivity index (χ2n) is 8.55. The monoisotopic (exact) mass is 447 g/mol. The van der Waals surface area contributed by atoms with Crippen molar-refractivity contribution in [3.8, 4) is 16.9 Å². The van der Waals surface area contributed by atoms with Crippen molar-refractivity contribution in [2.45, 2.75) is 18.9 Å². The first-order chi connectivity index (χ1) is 15.8. The molecule has 10 nitrogen and oxygen atoms in total. The largest absolute Gasteiger partial charge is 0.494 e. The lowest BCUT2D eigenvalue weighted by atomic mass is 10.1. The number of hydrogen-bond acceptors (Lipinski definition) is 7. The molecule has 170 valence electrons. The number of imidazole rings is 1. The molecular formula is C23H25N7O3. The molecule has 0 saturated carbocycles. The van der Waals surface area contributed by atoms with Gasteiger partial charge < -0.3 is 19.7 Å². The Labute approximate surface area is 190 Å². The summed E-state index contributed by atoms with van der Waals surface area (Å²) in [6, 6.07) is 7.15. The van der Waals surface area contributed by atoms with Gasteiger partial charge in [0.05, 0.1) is 18.9 Å². The highest BCUT2D eigenvalue weighted by Gasteiger charge is 2.32. The summed E-state index contributed by atoms with van der Waals surface area (Å²) in [4.78, 5) is 27.1. The quantitative estimate of drug-likeness (QED) is 0.430. The highest BCUT2D eigenvalue weighted by Crippen LogP contribution is 2.34. The number of nitrogens with one attached hydrogen (secondary N) is 2. The van der Waals surface area contributed by atoms with Gasteiger partial charge >= 0.3 is 0 Å². The van der Waals surface area contributed by atoms with Gasteiger partial charge in [-0.05, 0) is 37.6 Å². The first-order valence-electron chi connectivity index (χ1n) is 10.6. The topological polar surface area (TPSA) is 121 Å². The molecule has 1 aromatic carbocycles. The van der Waals surface area contributed by atoms with Crippen LogP contribution in [0.5, 0.6) is 5.75 Å². The van der Waals surface area contributed by atoms with Crippen LogP contribution in [0.3, 0.4) is 0 Å². The van der Waals surface area contributed by atoms with Crippen LogP contribution in [0.2, 0.25) is 0 Å². The van der Waals surface area contributed by atoms with Crippen LogP contribution in [0.1, 0.15) is 23.7 Å². The van der Waals surface area contributed by atoms with Crippen molar-refractivity contribution in [1.29, 1.82) is 0 Å². The maximum Gasteiger partial charge on any atom is 0.258 e. The number of H-pyrrole nitrogens is 1. The standard InChI is InChI=1S/C23H25N7O3/c1-23(32)7-9-30(13-23)18-10-14(6-8-24-18)21(31)28-22-26-19-16(15-11-25-29(2)12-15)4-5-17(33-3)20(19)27-22/h4-6,8,10-12,32H,7,9,13H2,1-3H3,(H2,26,27,28,31). The van der Waals surface area contributed by atoms with Gasteiger partial charge in [-0.15, -0.1) is 0 Å².